The molecular formula is C27H33FN2O4. The Morgan fingerprint density at radius 1 is 1.00 bits per heavy atom. The third-order valence-electron chi connectivity index (χ3n) is 5.94. The fraction of sp³-hybridized carbons (Fsp3) is 0.444. The van der Waals surface area contributed by atoms with Crippen molar-refractivity contribution in [1.29, 1.82) is 0 Å². The maximum Gasteiger partial charge on any atom is 0.133 e. The molecule has 2 aromatic carbocycles. The van der Waals surface area contributed by atoms with Crippen LogP contribution in [0.1, 0.15) is 31.0 Å². The number of halogens is 1. The van der Waals surface area contributed by atoms with Crippen LogP contribution < -0.4 is 14.2 Å². The first-order valence-electron chi connectivity index (χ1n) is 12.0. The number of hydrogen-bond acceptors (Lipinski definition) is 6. The van der Waals surface area contributed by atoms with Crippen molar-refractivity contribution in [3.05, 3.63) is 59.5 Å². The zero-order chi connectivity index (χ0) is 23.8. The summed E-state index contributed by atoms with van der Waals surface area (Å²) in [4.78, 5) is 7.06. The summed E-state index contributed by atoms with van der Waals surface area (Å²) in [6, 6.07) is 12.2. The third kappa shape index (κ3) is 6.36. The fourth-order valence-electron chi connectivity index (χ4n) is 3.92. The monoisotopic (exact) mass is 468 g/mol. The van der Waals surface area contributed by atoms with Gasteiger partial charge in [-0.3, -0.25) is 4.90 Å². The molecule has 0 atom stereocenters. The molecule has 0 bridgehead atoms. The van der Waals surface area contributed by atoms with E-state index in [0.29, 0.717) is 35.6 Å². The second-order valence-corrected chi connectivity index (χ2v) is 8.44. The number of pyridine rings is 1. The summed E-state index contributed by atoms with van der Waals surface area (Å²) in [5.74, 6) is 1.85. The molecule has 1 fully saturated rings. The number of ether oxygens (including phenoxy) is 4. The van der Waals surface area contributed by atoms with Crippen LogP contribution in [-0.2, 0) is 11.3 Å². The molecule has 4 rings (SSSR count). The molecule has 0 saturated carbocycles. The van der Waals surface area contributed by atoms with Crippen molar-refractivity contribution in [1.82, 2.24) is 9.88 Å². The average Bonchev–Trinajstić information content (AvgIpc) is 2.85. The van der Waals surface area contributed by atoms with Gasteiger partial charge in [0, 0.05) is 36.7 Å². The van der Waals surface area contributed by atoms with Gasteiger partial charge in [0.25, 0.3) is 0 Å². The molecule has 2 heterocycles. The summed E-state index contributed by atoms with van der Waals surface area (Å²) >= 11 is 0. The maximum absolute atomic E-state index is 13.9. The van der Waals surface area contributed by atoms with Crippen LogP contribution in [0.25, 0.3) is 10.9 Å². The molecule has 1 aliphatic rings. The maximum atomic E-state index is 13.9. The van der Waals surface area contributed by atoms with Crippen LogP contribution in [-0.4, -0.2) is 55.9 Å². The lowest BCUT2D eigenvalue weighted by atomic mass is 10.1. The minimum Gasteiger partial charge on any atom is -0.493 e. The number of fused-ring (bicyclic) bond motifs is 1. The molecule has 6 nitrogen and oxygen atoms in total. The van der Waals surface area contributed by atoms with Crippen LogP contribution in [0.15, 0.2) is 42.5 Å². The number of aromatic nitrogens is 1. The number of morpholine rings is 1. The Bertz CT molecular complexity index is 1090. The first kappa shape index (κ1) is 24.2. The Kier molecular flexibility index (Phi) is 8.55. The van der Waals surface area contributed by atoms with Crippen molar-refractivity contribution in [2.45, 2.75) is 33.3 Å². The molecule has 1 saturated heterocycles. The van der Waals surface area contributed by atoms with E-state index in [9.17, 15) is 4.39 Å². The lowest BCUT2D eigenvalue weighted by molar-refractivity contribution is 0.0322. The van der Waals surface area contributed by atoms with E-state index in [-0.39, 0.29) is 12.4 Å². The molecular weight excluding hydrogens is 435 g/mol. The summed E-state index contributed by atoms with van der Waals surface area (Å²) < 4.78 is 37.4. The quantitative estimate of drug-likeness (QED) is 0.363. The van der Waals surface area contributed by atoms with E-state index in [4.69, 9.17) is 23.9 Å². The molecule has 0 spiro atoms. The summed E-state index contributed by atoms with van der Waals surface area (Å²) in [5, 5.41) is 0.688. The number of hydrogen-bond donors (Lipinski definition) is 0. The lowest BCUT2D eigenvalue weighted by Crippen LogP contribution is -2.38. The van der Waals surface area contributed by atoms with Crippen LogP contribution in [0.3, 0.4) is 0 Å². The standard InChI is InChI=1S/C27H33FN2O4/c1-3-4-13-33-27-20(2)26(29-25-9-8-21(28)17-24(25)27)19-34-23-7-5-6-22(18-23)32-16-12-30-10-14-31-15-11-30/h5-9,17-18H,3-4,10-16,19H2,1-2H3. The number of rotatable bonds is 11. The van der Waals surface area contributed by atoms with Gasteiger partial charge in [-0.1, -0.05) is 19.4 Å². The molecule has 0 aliphatic carbocycles. The van der Waals surface area contributed by atoms with Crippen LogP contribution >= 0.6 is 0 Å². The normalized spacial score (nSPS) is 14.3. The molecule has 0 unspecified atom stereocenters. The number of benzene rings is 2. The summed E-state index contributed by atoms with van der Waals surface area (Å²) in [6.07, 6.45) is 1.96. The molecule has 34 heavy (non-hydrogen) atoms. The van der Waals surface area contributed by atoms with Crippen molar-refractivity contribution < 1.29 is 23.3 Å². The highest BCUT2D eigenvalue weighted by Gasteiger charge is 2.15. The predicted molar refractivity (Wildman–Crippen MR) is 130 cm³/mol. The highest BCUT2D eigenvalue weighted by atomic mass is 19.1. The molecule has 182 valence electrons. The largest absolute Gasteiger partial charge is 0.493 e. The summed E-state index contributed by atoms with van der Waals surface area (Å²) in [7, 11) is 0. The Labute approximate surface area is 200 Å². The van der Waals surface area contributed by atoms with Gasteiger partial charge in [-0.05, 0) is 43.7 Å². The van der Waals surface area contributed by atoms with Gasteiger partial charge in [-0.15, -0.1) is 0 Å². The van der Waals surface area contributed by atoms with E-state index in [0.717, 1.165) is 62.7 Å². The van der Waals surface area contributed by atoms with Gasteiger partial charge in [0.05, 0.1) is 31.0 Å². The molecule has 0 radical (unpaired) electrons. The first-order valence-corrected chi connectivity index (χ1v) is 12.0. The van der Waals surface area contributed by atoms with E-state index in [1.807, 2.05) is 31.2 Å². The van der Waals surface area contributed by atoms with Gasteiger partial charge >= 0.3 is 0 Å². The second kappa shape index (κ2) is 12.0. The zero-order valence-electron chi connectivity index (χ0n) is 20.0. The molecule has 1 aliphatic heterocycles. The molecule has 1 aromatic heterocycles. The van der Waals surface area contributed by atoms with Gasteiger partial charge in [0.1, 0.15) is 36.3 Å². The Morgan fingerprint density at radius 2 is 1.79 bits per heavy atom. The van der Waals surface area contributed by atoms with Crippen molar-refractivity contribution in [3.63, 3.8) is 0 Å². The minimum absolute atomic E-state index is 0.278. The van der Waals surface area contributed by atoms with E-state index >= 15 is 0 Å². The SMILES string of the molecule is CCCCOc1c(C)c(COc2cccc(OCCN3CCOCC3)c2)nc2ccc(F)cc12. The van der Waals surface area contributed by atoms with E-state index in [2.05, 4.69) is 11.8 Å². The zero-order valence-corrected chi connectivity index (χ0v) is 20.0. The second-order valence-electron chi connectivity index (χ2n) is 8.44. The highest BCUT2D eigenvalue weighted by Crippen LogP contribution is 2.32. The third-order valence-corrected chi connectivity index (χ3v) is 5.94. The Balaban J connectivity index is 1.42. The van der Waals surface area contributed by atoms with Gasteiger partial charge in [-0.25, -0.2) is 9.37 Å². The van der Waals surface area contributed by atoms with E-state index in [1.165, 1.54) is 12.1 Å². The van der Waals surface area contributed by atoms with Crippen LogP contribution in [0, 0.1) is 12.7 Å². The summed E-state index contributed by atoms with van der Waals surface area (Å²) in [6.45, 7) is 9.86. The van der Waals surface area contributed by atoms with E-state index in [1.54, 1.807) is 6.07 Å². The van der Waals surface area contributed by atoms with Crippen molar-refractivity contribution in [2.24, 2.45) is 0 Å². The van der Waals surface area contributed by atoms with Crippen molar-refractivity contribution in [3.8, 4) is 17.2 Å². The van der Waals surface area contributed by atoms with Crippen LogP contribution in [0.5, 0.6) is 17.2 Å². The molecule has 0 N–H and O–H groups in total. The summed E-state index contributed by atoms with van der Waals surface area (Å²) in [5.41, 5.74) is 2.33. The number of nitrogens with zero attached hydrogens (tertiary/aromatic N) is 2. The first-order chi connectivity index (χ1) is 16.6. The van der Waals surface area contributed by atoms with Crippen molar-refractivity contribution >= 4 is 10.9 Å². The Hall–Kier alpha value is -2.90. The van der Waals surface area contributed by atoms with Gasteiger partial charge in [0.2, 0.25) is 0 Å². The van der Waals surface area contributed by atoms with Gasteiger partial charge < -0.3 is 18.9 Å². The predicted octanol–water partition coefficient (Wildman–Crippen LogP) is 5.15. The Morgan fingerprint density at radius 3 is 2.59 bits per heavy atom. The molecule has 0 amide bonds. The van der Waals surface area contributed by atoms with Gasteiger partial charge in [-0.2, -0.15) is 0 Å². The van der Waals surface area contributed by atoms with Gasteiger partial charge in [0.15, 0.2) is 0 Å². The molecule has 7 heteroatoms. The average molecular weight is 469 g/mol. The van der Waals surface area contributed by atoms with Crippen LogP contribution in [0.4, 0.5) is 4.39 Å². The topological polar surface area (TPSA) is 53.0 Å². The minimum atomic E-state index is -0.302. The molecule has 3 aromatic rings. The lowest BCUT2D eigenvalue weighted by Gasteiger charge is -2.26. The smallest absolute Gasteiger partial charge is 0.133 e. The van der Waals surface area contributed by atoms with E-state index < -0.39 is 0 Å². The fourth-order valence-corrected chi connectivity index (χ4v) is 3.92. The van der Waals surface area contributed by atoms with Crippen LogP contribution in [0.2, 0.25) is 0 Å². The highest BCUT2D eigenvalue weighted by molar-refractivity contribution is 5.86. The van der Waals surface area contributed by atoms with Crippen molar-refractivity contribution in [2.75, 3.05) is 46.1 Å². The number of unbranched alkanes of at least 4 members (excludes halogenated alkanes) is 1.